The monoisotopic (exact) mass is 224 g/mol. The fourth-order valence-corrected chi connectivity index (χ4v) is 1.88. The third kappa shape index (κ3) is 2.10. The molecule has 4 heteroatoms. The molecule has 0 amide bonds. The van der Waals surface area contributed by atoms with E-state index in [0.717, 1.165) is 5.69 Å². The lowest BCUT2D eigenvalue weighted by Gasteiger charge is -2.22. The summed E-state index contributed by atoms with van der Waals surface area (Å²) in [7, 11) is 0. The molecule has 0 bridgehead atoms. The van der Waals surface area contributed by atoms with E-state index in [9.17, 15) is 9.90 Å². The van der Waals surface area contributed by atoms with Gasteiger partial charge in [0.15, 0.2) is 0 Å². The molecule has 0 spiro atoms. The highest BCUT2D eigenvalue weighted by atomic mass is 16.4. The third-order valence-electron chi connectivity index (χ3n) is 2.57. The first kappa shape index (κ1) is 12.7. The summed E-state index contributed by atoms with van der Waals surface area (Å²) >= 11 is 0. The highest BCUT2D eigenvalue weighted by Crippen LogP contribution is 2.23. The molecule has 0 aliphatic heterocycles. The molecule has 16 heavy (non-hydrogen) atoms. The maximum absolute atomic E-state index is 11.2. The molecule has 1 N–H and O–H groups in total. The molecule has 0 saturated heterocycles. The smallest absolute Gasteiger partial charge is 0.339 e. The van der Waals surface area contributed by atoms with Crippen molar-refractivity contribution < 1.29 is 9.90 Å². The van der Waals surface area contributed by atoms with E-state index in [0.29, 0.717) is 24.1 Å². The molecule has 0 unspecified atom stereocenters. The van der Waals surface area contributed by atoms with Crippen LogP contribution in [0.2, 0.25) is 0 Å². The molecular weight excluding hydrogens is 204 g/mol. The first-order valence-corrected chi connectivity index (χ1v) is 5.67. The van der Waals surface area contributed by atoms with Gasteiger partial charge in [0.25, 0.3) is 0 Å². The van der Waals surface area contributed by atoms with Gasteiger partial charge in [-0.1, -0.05) is 13.8 Å². The zero-order valence-electron chi connectivity index (χ0n) is 10.7. The summed E-state index contributed by atoms with van der Waals surface area (Å²) in [6.07, 6.45) is 1.34. The van der Waals surface area contributed by atoms with Crippen LogP contribution in [0.25, 0.3) is 0 Å². The largest absolute Gasteiger partial charge is 0.478 e. The van der Waals surface area contributed by atoms with E-state index in [-0.39, 0.29) is 5.54 Å². The molecule has 0 aromatic carbocycles. The zero-order valence-corrected chi connectivity index (χ0v) is 10.7. The number of hydrogen-bond acceptors (Lipinski definition) is 2. The van der Waals surface area contributed by atoms with E-state index in [1.54, 1.807) is 0 Å². The molecule has 0 atom stereocenters. The Morgan fingerprint density at radius 2 is 1.88 bits per heavy atom. The minimum Gasteiger partial charge on any atom is -0.478 e. The van der Waals surface area contributed by atoms with Gasteiger partial charge in [-0.15, -0.1) is 0 Å². The first-order chi connectivity index (χ1) is 7.32. The lowest BCUT2D eigenvalue weighted by atomic mass is 10.1. The second-order valence-corrected chi connectivity index (χ2v) is 4.86. The number of rotatable bonds is 3. The topological polar surface area (TPSA) is 55.1 Å². The lowest BCUT2D eigenvalue weighted by molar-refractivity contribution is 0.0694. The van der Waals surface area contributed by atoms with Gasteiger partial charge in [-0.25, -0.2) is 4.79 Å². The Kier molecular flexibility index (Phi) is 3.41. The second kappa shape index (κ2) is 4.28. The fourth-order valence-electron chi connectivity index (χ4n) is 1.88. The number of nitrogens with zero attached hydrogens (tertiary/aromatic N) is 2. The number of aryl methyl sites for hydroxylation is 1. The number of aromatic carboxylic acids is 1. The molecule has 0 fully saturated rings. The van der Waals surface area contributed by atoms with Crippen LogP contribution in [0.15, 0.2) is 0 Å². The normalized spacial score (nSPS) is 11.8. The minimum absolute atomic E-state index is 0.178. The van der Waals surface area contributed by atoms with Crippen molar-refractivity contribution in [2.75, 3.05) is 0 Å². The van der Waals surface area contributed by atoms with Crippen LogP contribution >= 0.6 is 0 Å². The van der Waals surface area contributed by atoms with E-state index < -0.39 is 5.97 Å². The highest BCUT2D eigenvalue weighted by molar-refractivity contribution is 5.90. The Balaban J connectivity index is 3.48. The first-order valence-electron chi connectivity index (χ1n) is 5.67. The van der Waals surface area contributed by atoms with E-state index >= 15 is 0 Å². The Labute approximate surface area is 96.3 Å². The van der Waals surface area contributed by atoms with E-state index in [1.807, 2.05) is 39.3 Å². The predicted molar refractivity (Wildman–Crippen MR) is 62.9 cm³/mol. The van der Waals surface area contributed by atoms with Gasteiger partial charge in [0, 0.05) is 0 Å². The maximum Gasteiger partial charge on any atom is 0.339 e. The summed E-state index contributed by atoms with van der Waals surface area (Å²) in [5.41, 5.74) is 1.71. The molecule has 0 aliphatic rings. The van der Waals surface area contributed by atoms with Crippen LogP contribution < -0.4 is 0 Å². The maximum atomic E-state index is 11.2. The summed E-state index contributed by atoms with van der Waals surface area (Å²) in [4.78, 5) is 11.2. The summed E-state index contributed by atoms with van der Waals surface area (Å²) in [5.74, 6) is -0.871. The molecule has 90 valence electrons. The second-order valence-electron chi connectivity index (χ2n) is 4.86. The number of carboxylic acid groups (broad SMARTS) is 1. The van der Waals surface area contributed by atoms with Crippen molar-refractivity contribution in [3.8, 4) is 0 Å². The molecular formula is C12H20N2O2. The summed E-state index contributed by atoms with van der Waals surface area (Å²) < 4.78 is 1.84. The minimum atomic E-state index is -0.871. The van der Waals surface area contributed by atoms with Gasteiger partial charge in [-0.05, 0) is 33.6 Å². The van der Waals surface area contributed by atoms with Gasteiger partial charge in [0.1, 0.15) is 5.56 Å². The van der Waals surface area contributed by atoms with Crippen molar-refractivity contribution >= 4 is 5.97 Å². The number of aromatic nitrogens is 2. The molecule has 1 aromatic heterocycles. The molecule has 4 nitrogen and oxygen atoms in total. The lowest BCUT2D eigenvalue weighted by Crippen LogP contribution is -2.25. The van der Waals surface area contributed by atoms with E-state index in [1.165, 1.54) is 0 Å². The predicted octanol–water partition coefficient (Wildman–Crippen LogP) is 2.46. The molecule has 1 heterocycles. The van der Waals surface area contributed by atoms with Crippen molar-refractivity contribution in [3.05, 3.63) is 17.0 Å². The van der Waals surface area contributed by atoms with Crippen molar-refractivity contribution in [3.63, 3.8) is 0 Å². The summed E-state index contributed by atoms with van der Waals surface area (Å²) in [6.45, 7) is 9.99. The Bertz CT molecular complexity index is 400. The molecule has 0 saturated carbocycles. The third-order valence-corrected chi connectivity index (χ3v) is 2.57. The van der Waals surface area contributed by atoms with Crippen LogP contribution in [0, 0.1) is 0 Å². The Morgan fingerprint density at radius 3 is 2.19 bits per heavy atom. The highest BCUT2D eigenvalue weighted by Gasteiger charge is 2.26. The average Bonchev–Trinajstić information content (AvgIpc) is 2.54. The van der Waals surface area contributed by atoms with Crippen molar-refractivity contribution in [1.82, 2.24) is 9.78 Å². The van der Waals surface area contributed by atoms with Gasteiger partial charge < -0.3 is 5.11 Å². The van der Waals surface area contributed by atoms with E-state index in [2.05, 4.69) is 5.10 Å². The van der Waals surface area contributed by atoms with Gasteiger partial charge in [-0.2, -0.15) is 5.10 Å². The average molecular weight is 224 g/mol. The van der Waals surface area contributed by atoms with Crippen molar-refractivity contribution in [2.45, 2.75) is 53.0 Å². The van der Waals surface area contributed by atoms with Gasteiger partial charge >= 0.3 is 5.97 Å². The fraction of sp³-hybridized carbons (Fsp3) is 0.667. The Morgan fingerprint density at radius 1 is 1.31 bits per heavy atom. The van der Waals surface area contributed by atoms with Crippen LogP contribution in [0.5, 0.6) is 0 Å². The molecule has 1 rings (SSSR count). The molecule has 1 aromatic rings. The van der Waals surface area contributed by atoms with Crippen molar-refractivity contribution in [2.24, 2.45) is 0 Å². The molecule has 0 radical (unpaired) electrons. The van der Waals surface area contributed by atoms with Crippen LogP contribution in [-0.4, -0.2) is 20.9 Å². The summed E-state index contributed by atoms with van der Waals surface area (Å²) in [6, 6.07) is 0. The zero-order chi connectivity index (χ0) is 12.5. The SMILES string of the molecule is CCc1nn(C(C)(C)C)c(CC)c1C(=O)O. The van der Waals surface area contributed by atoms with Crippen LogP contribution in [0.1, 0.15) is 56.4 Å². The summed E-state index contributed by atoms with van der Waals surface area (Å²) in [5, 5.41) is 13.7. The van der Waals surface area contributed by atoms with Gasteiger partial charge in [0.2, 0.25) is 0 Å². The van der Waals surface area contributed by atoms with Crippen molar-refractivity contribution in [1.29, 1.82) is 0 Å². The van der Waals surface area contributed by atoms with Crippen LogP contribution in [0.3, 0.4) is 0 Å². The van der Waals surface area contributed by atoms with Gasteiger partial charge in [0.05, 0.1) is 16.9 Å². The van der Waals surface area contributed by atoms with Crippen LogP contribution in [-0.2, 0) is 18.4 Å². The standard InChI is InChI=1S/C12H20N2O2/c1-6-8-10(11(15)16)9(7-2)14(13-8)12(3,4)5/h6-7H2,1-5H3,(H,15,16). The number of carbonyl (C=O) groups is 1. The van der Waals surface area contributed by atoms with Gasteiger partial charge in [-0.3, -0.25) is 4.68 Å². The van der Waals surface area contributed by atoms with E-state index in [4.69, 9.17) is 0 Å². The van der Waals surface area contributed by atoms with Crippen LogP contribution in [0.4, 0.5) is 0 Å². The Hall–Kier alpha value is -1.32. The number of carboxylic acids is 1. The molecule has 0 aliphatic carbocycles. The number of hydrogen-bond donors (Lipinski definition) is 1. The quantitative estimate of drug-likeness (QED) is 0.858.